The minimum Gasteiger partial charge on any atom is -0.399 e. The molecule has 0 amide bonds. The van der Waals surface area contributed by atoms with Crippen molar-refractivity contribution < 1.29 is 0 Å². The van der Waals surface area contributed by atoms with Crippen molar-refractivity contribution in [1.82, 2.24) is 9.55 Å². The van der Waals surface area contributed by atoms with Gasteiger partial charge in [-0.05, 0) is 42.9 Å². The minimum atomic E-state index is 0.343. The average Bonchev–Trinajstić information content (AvgIpc) is 2.76. The summed E-state index contributed by atoms with van der Waals surface area (Å²) < 4.78 is 2.53. The molecule has 1 atom stereocenters. The van der Waals surface area contributed by atoms with Crippen LogP contribution in [0.15, 0.2) is 18.2 Å². The fraction of sp³-hybridized carbons (Fsp3) is 0.611. The van der Waals surface area contributed by atoms with Gasteiger partial charge in [-0.2, -0.15) is 0 Å². The third-order valence-electron chi connectivity index (χ3n) is 5.02. The largest absolute Gasteiger partial charge is 0.399 e. The van der Waals surface area contributed by atoms with Crippen molar-refractivity contribution in [1.29, 1.82) is 0 Å². The predicted octanol–water partition coefficient (Wildman–Crippen LogP) is 4.71. The summed E-state index contributed by atoms with van der Waals surface area (Å²) in [4.78, 5) is 4.89. The molecule has 1 aromatic carbocycles. The van der Waals surface area contributed by atoms with Gasteiger partial charge < -0.3 is 10.3 Å². The molecule has 21 heavy (non-hydrogen) atoms. The molecular formula is C18H27N3. The first-order valence-corrected chi connectivity index (χ1v) is 8.29. The third kappa shape index (κ3) is 2.54. The van der Waals surface area contributed by atoms with Gasteiger partial charge in [-0.1, -0.05) is 33.6 Å². The molecule has 2 N–H and O–H groups in total. The van der Waals surface area contributed by atoms with Gasteiger partial charge >= 0.3 is 0 Å². The lowest BCUT2D eigenvalue weighted by Crippen LogP contribution is -2.31. The first kappa shape index (κ1) is 14.4. The zero-order valence-electron chi connectivity index (χ0n) is 13.5. The molecule has 0 spiro atoms. The zero-order valence-corrected chi connectivity index (χ0v) is 13.5. The van der Waals surface area contributed by atoms with Crippen molar-refractivity contribution in [3.8, 4) is 0 Å². The van der Waals surface area contributed by atoms with Crippen molar-refractivity contribution in [3.05, 3.63) is 24.0 Å². The fourth-order valence-corrected chi connectivity index (χ4v) is 3.87. The van der Waals surface area contributed by atoms with Gasteiger partial charge in [0.25, 0.3) is 0 Å². The number of fused-ring (bicyclic) bond motifs is 1. The molecule has 1 aliphatic carbocycles. The lowest BCUT2D eigenvalue weighted by Gasteiger charge is -2.40. The van der Waals surface area contributed by atoms with Crippen LogP contribution in [-0.2, 0) is 6.42 Å². The molecule has 114 valence electrons. The lowest BCUT2D eigenvalue weighted by atomic mass is 9.73. The van der Waals surface area contributed by atoms with Crippen LogP contribution in [-0.4, -0.2) is 9.55 Å². The number of hydrogen-bond acceptors (Lipinski definition) is 2. The molecule has 0 bridgehead atoms. The maximum absolute atomic E-state index is 5.94. The van der Waals surface area contributed by atoms with Crippen LogP contribution in [0.25, 0.3) is 11.0 Å². The second kappa shape index (κ2) is 5.36. The highest BCUT2D eigenvalue weighted by Crippen LogP contribution is 2.45. The molecule has 3 rings (SSSR count). The van der Waals surface area contributed by atoms with Crippen LogP contribution in [0.5, 0.6) is 0 Å². The summed E-state index contributed by atoms with van der Waals surface area (Å²) in [5, 5.41) is 0. The van der Waals surface area contributed by atoms with Gasteiger partial charge in [0.05, 0.1) is 11.0 Å². The monoisotopic (exact) mass is 285 g/mol. The lowest BCUT2D eigenvalue weighted by molar-refractivity contribution is 0.145. The van der Waals surface area contributed by atoms with E-state index in [1.807, 2.05) is 12.1 Å². The number of aryl methyl sites for hydroxylation is 1. The molecule has 1 aromatic heterocycles. The van der Waals surface area contributed by atoms with E-state index in [1.54, 1.807) is 0 Å². The molecule has 1 unspecified atom stereocenters. The van der Waals surface area contributed by atoms with Crippen molar-refractivity contribution in [2.24, 2.45) is 5.41 Å². The molecule has 3 heteroatoms. The smallest absolute Gasteiger partial charge is 0.110 e. The van der Waals surface area contributed by atoms with Gasteiger partial charge in [-0.15, -0.1) is 0 Å². The van der Waals surface area contributed by atoms with Gasteiger partial charge in [0.1, 0.15) is 5.82 Å². The Hall–Kier alpha value is -1.51. The first-order chi connectivity index (χ1) is 10.0. The third-order valence-corrected chi connectivity index (χ3v) is 5.02. The Bertz CT molecular complexity index is 639. The summed E-state index contributed by atoms with van der Waals surface area (Å²) in [6, 6.07) is 6.73. The summed E-state index contributed by atoms with van der Waals surface area (Å²) in [7, 11) is 0. The maximum Gasteiger partial charge on any atom is 0.110 e. The van der Waals surface area contributed by atoms with E-state index < -0.39 is 0 Å². The Morgan fingerprint density at radius 1 is 1.33 bits per heavy atom. The number of nitrogens with zero attached hydrogens (tertiary/aromatic N) is 2. The molecule has 0 aliphatic heterocycles. The summed E-state index contributed by atoms with van der Waals surface area (Å²) in [6.07, 6.45) is 7.42. The Labute approximate surface area is 127 Å². The molecule has 1 saturated carbocycles. The first-order valence-electron chi connectivity index (χ1n) is 8.29. The standard InChI is InChI=1S/C18H27N3/c1-4-7-17-20-14-12-13(19)9-10-15(14)21(17)16-8-5-6-11-18(16,2)3/h9-10,12,16H,4-8,11,19H2,1-3H3. The number of aromatic nitrogens is 2. The molecule has 0 radical (unpaired) electrons. The van der Waals surface area contributed by atoms with Gasteiger partial charge in [-0.25, -0.2) is 4.98 Å². The number of nitrogen functional groups attached to an aromatic ring is 1. The molecule has 1 fully saturated rings. The van der Waals surface area contributed by atoms with Gasteiger partial charge in [0, 0.05) is 18.2 Å². The number of nitrogens with two attached hydrogens (primary N) is 1. The van der Waals surface area contributed by atoms with Crippen LogP contribution in [0.2, 0.25) is 0 Å². The van der Waals surface area contributed by atoms with Gasteiger partial charge in [0.15, 0.2) is 0 Å². The predicted molar refractivity (Wildman–Crippen MR) is 89.4 cm³/mol. The van der Waals surface area contributed by atoms with E-state index in [2.05, 4.69) is 31.4 Å². The van der Waals surface area contributed by atoms with E-state index in [1.165, 1.54) is 37.0 Å². The molecule has 2 aromatic rings. The average molecular weight is 285 g/mol. The Balaban J connectivity index is 2.16. The van der Waals surface area contributed by atoms with Gasteiger partial charge in [-0.3, -0.25) is 0 Å². The number of benzene rings is 1. The number of imidazole rings is 1. The minimum absolute atomic E-state index is 0.343. The zero-order chi connectivity index (χ0) is 15.0. The highest BCUT2D eigenvalue weighted by Gasteiger charge is 2.35. The molecular weight excluding hydrogens is 258 g/mol. The molecule has 1 heterocycles. The van der Waals surface area contributed by atoms with E-state index in [0.29, 0.717) is 11.5 Å². The SMILES string of the molecule is CCCc1nc2cc(N)ccc2n1C1CCCCC1(C)C. The Kier molecular flexibility index (Phi) is 3.68. The molecule has 0 saturated heterocycles. The van der Waals surface area contributed by atoms with E-state index in [-0.39, 0.29) is 0 Å². The second-order valence-electron chi connectivity index (χ2n) is 7.15. The van der Waals surface area contributed by atoms with E-state index in [9.17, 15) is 0 Å². The highest BCUT2D eigenvalue weighted by molar-refractivity contribution is 5.80. The molecule has 3 nitrogen and oxygen atoms in total. The Morgan fingerprint density at radius 3 is 2.86 bits per heavy atom. The molecule has 1 aliphatic rings. The quantitative estimate of drug-likeness (QED) is 0.830. The van der Waals surface area contributed by atoms with E-state index >= 15 is 0 Å². The van der Waals surface area contributed by atoms with Crippen molar-refractivity contribution in [2.75, 3.05) is 5.73 Å². The topological polar surface area (TPSA) is 43.8 Å². The van der Waals surface area contributed by atoms with Gasteiger partial charge in [0.2, 0.25) is 0 Å². The van der Waals surface area contributed by atoms with E-state index in [4.69, 9.17) is 10.7 Å². The summed E-state index contributed by atoms with van der Waals surface area (Å²) in [5.41, 5.74) is 9.40. The van der Waals surface area contributed by atoms with E-state index in [0.717, 1.165) is 24.0 Å². The van der Waals surface area contributed by atoms with Crippen LogP contribution in [0.3, 0.4) is 0 Å². The van der Waals surface area contributed by atoms with Crippen molar-refractivity contribution in [3.63, 3.8) is 0 Å². The van der Waals surface area contributed by atoms with Crippen LogP contribution in [0.1, 0.15) is 64.7 Å². The normalized spacial score (nSPS) is 21.8. The number of anilines is 1. The van der Waals surface area contributed by atoms with Crippen LogP contribution in [0, 0.1) is 5.41 Å². The van der Waals surface area contributed by atoms with Crippen LogP contribution in [0.4, 0.5) is 5.69 Å². The second-order valence-corrected chi connectivity index (χ2v) is 7.15. The summed E-state index contributed by atoms with van der Waals surface area (Å²) in [5.74, 6) is 1.23. The summed E-state index contributed by atoms with van der Waals surface area (Å²) in [6.45, 7) is 7.05. The van der Waals surface area contributed by atoms with Crippen molar-refractivity contribution >= 4 is 16.7 Å². The number of hydrogen-bond donors (Lipinski definition) is 1. The van der Waals surface area contributed by atoms with Crippen LogP contribution < -0.4 is 5.73 Å². The fourth-order valence-electron chi connectivity index (χ4n) is 3.87. The maximum atomic E-state index is 5.94. The van der Waals surface area contributed by atoms with Crippen molar-refractivity contribution in [2.45, 2.75) is 65.3 Å². The van der Waals surface area contributed by atoms with Crippen LogP contribution >= 0.6 is 0 Å². The number of rotatable bonds is 3. The highest BCUT2D eigenvalue weighted by atomic mass is 15.1. The summed E-state index contributed by atoms with van der Waals surface area (Å²) >= 11 is 0. The Morgan fingerprint density at radius 2 is 2.14 bits per heavy atom.